The molecule has 0 aliphatic heterocycles. The van der Waals surface area contributed by atoms with Crippen LogP contribution in [0.3, 0.4) is 0 Å². The van der Waals surface area contributed by atoms with E-state index in [1.165, 1.54) is 10.9 Å². The van der Waals surface area contributed by atoms with Gasteiger partial charge in [-0.05, 0) is 18.2 Å². The highest BCUT2D eigenvalue weighted by Crippen LogP contribution is 2.25. The van der Waals surface area contributed by atoms with E-state index in [0.717, 1.165) is 11.4 Å². The number of nitrogens with two attached hydrogens (primary N) is 1. The smallest absolute Gasteiger partial charge is 0.142 e. The lowest BCUT2D eigenvalue weighted by atomic mass is 10.2. The SMILES string of the molecule is Cn1c(-c2ccnc(CN)n2)cc2ccccc21. The predicted octanol–water partition coefficient (Wildman–Crippen LogP) is 2.09. The first-order valence-corrected chi connectivity index (χ1v) is 5.86. The zero-order valence-electron chi connectivity index (χ0n) is 10.2. The molecule has 0 spiro atoms. The Morgan fingerprint density at radius 2 is 2.06 bits per heavy atom. The Balaban J connectivity index is 2.21. The Morgan fingerprint density at radius 1 is 1.22 bits per heavy atom. The third kappa shape index (κ3) is 1.67. The molecule has 3 aromatic rings. The van der Waals surface area contributed by atoms with E-state index in [1.54, 1.807) is 6.20 Å². The fourth-order valence-electron chi connectivity index (χ4n) is 2.17. The molecule has 3 rings (SSSR count). The van der Waals surface area contributed by atoms with E-state index in [1.807, 2.05) is 25.2 Å². The first kappa shape index (κ1) is 10.9. The lowest BCUT2D eigenvalue weighted by molar-refractivity contribution is 0.899. The summed E-state index contributed by atoms with van der Waals surface area (Å²) in [7, 11) is 2.04. The summed E-state index contributed by atoms with van der Waals surface area (Å²) >= 11 is 0. The molecule has 18 heavy (non-hydrogen) atoms. The molecule has 0 fully saturated rings. The second-order valence-electron chi connectivity index (χ2n) is 4.21. The average molecular weight is 238 g/mol. The van der Waals surface area contributed by atoms with Crippen molar-refractivity contribution in [2.75, 3.05) is 0 Å². The van der Waals surface area contributed by atoms with Gasteiger partial charge >= 0.3 is 0 Å². The summed E-state index contributed by atoms with van der Waals surface area (Å²) in [6.45, 7) is 0.359. The zero-order valence-corrected chi connectivity index (χ0v) is 10.2. The van der Waals surface area contributed by atoms with Crippen LogP contribution < -0.4 is 5.73 Å². The van der Waals surface area contributed by atoms with Crippen molar-refractivity contribution in [1.29, 1.82) is 0 Å². The topological polar surface area (TPSA) is 56.7 Å². The van der Waals surface area contributed by atoms with E-state index in [-0.39, 0.29) is 0 Å². The monoisotopic (exact) mass is 238 g/mol. The summed E-state index contributed by atoms with van der Waals surface area (Å²) in [6.07, 6.45) is 1.75. The summed E-state index contributed by atoms with van der Waals surface area (Å²) in [5.74, 6) is 0.665. The molecule has 2 aromatic heterocycles. The molecular weight excluding hydrogens is 224 g/mol. The van der Waals surface area contributed by atoms with Gasteiger partial charge < -0.3 is 10.3 Å². The molecule has 0 radical (unpaired) electrons. The first-order valence-electron chi connectivity index (χ1n) is 5.86. The average Bonchev–Trinajstić information content (AvgIpc) is 2.77. The first-order chi connectivity index (χ1) is 8.79. The molecular formula is C14H14N4. The number of nitrogens with zero attached hydrogens (tertiary/aromatic N) is 3. The number of fused-ring (bicyclic) bond motifs is 1. The van der Waals surface area contributed by atoms with Crippen molar-refractivity contribution in [3.63, 3.8) is 0 Å². The maximum atomic E-state index is 5.58. The number of para-hydroxylation sites is 1. The van der Waals surface area contributed by atoms with Crippen LogP contribution in [-0.2, 0) is 13.6 Å². The van der Waals surface area contributed by atoms with Gasteiger partial charge in [0.1, 0.15) is 5.82 Å². The summed E-state index contributed by atoms with van der Waals surface area (Å²) < 4.78 is 2.14. The van der Waals surface area contributed by atoms with Gasteiger partial charge in [0.2, 0.25) is 0 Å². The number of aryl methyl sites for hydroxylation is 1. The molecule has 2 heterocycles. The minimum Gasteiger partial charge on any atom is -0.342 e. The maximum Gasteiger partial charge on any atom is 0.142 e. The molecule has 0 aliphatic carbocycles. The number of rotatable bonds is 2. The van der Waals surface area contributed by atoms with Gasteiger partial charge in [0.15, 0.2) is 0 Å². The van der Waals surface area contributed by atoms with Crippen molar-refractivity contribution >= 4 is 10.9 Å². The maximum absolute atomic E-state index is 5.58. The molecule has 0 aliphatic rings. The van der Waals surface area contributed by atoms with E-state index < -0.39 is 0 Å². The Kier molecular flexibility index (Phi) is 2.57. The Labute approximate surface area is 105 Å². The molecule has 1 aromatic carbocycles. The molecule has 4 heteroatoms. The summed E-state index contributed by atoms with van der Waals surface area (Å²) in [4.78, 5) is 8.58. The highest BCUT2D eigenvalue weighted by molar-refractivity contribution is 5.86. The molecule has 0 atom stereocenters. The molecule has 0 unspecified atom stereocenters. The van der Waals surface area contributed by atoms with Crippen molar-refractivity contribution in [2.24, 2.45) is 12.8 Å². The predicted molar refractivity (Wildman–Crippen MR) is 71.8 cm³/mol. The van der Waals surface area contributed by atoms with Crippen molar-refractivity contribution in [1.82, 2.24) is 14.5 Å². The van der Waals surface area contributed by atoms with Gasteiger partial charge in [-0.25, -0.2) is 9.97 Å². The standard InChI is InChI=1S/C14H14N4/c1-18-12-5-3-2-4-10(12)8-13(18)11-6-7-16-14(9-15)17-11/h2-8H,9,15H2,1H3. The van der Waals surface area contributed by atoms with Crippen LogP contribution in [0.4, 0.5) is 0 Å². The molecule has 0 saturated carbocycles. The lowest BCUT2D eigenvalue weighted by Gasteiger charge is -2.04. The van der Waals surface area contributed by atoms with E-state index in [9.17, 15) is 0 Å². The summed E-state index contributed by atoms with van der Waals surface area (Å²) in [6, 6.07) is 12.3. The van der Waals surface area contributed by atoms with Gasteiger partial charge in [-0.15, -0.1) is 0 Å². The summed E-state index contributed by atoms with van der Waals surface area (Å²) in [5, 5.41) is 1.21. The van der Waals surface area contributed by atoms with E-state index in [4.69, 9.17) is 5.73 Å². The van der Waals surface area contributed by atoms with Crippen molar-refractivity contribution in [2.45, 2.75) is 6.54 Å². The normalized spacial score (nSPS) is 11.0. The second-order valence-corrected chi connectivity index (χ2v) is 4.21. The minimum absolute atomic E-state index is 0.359. The van der Waals surface area contributed by atoms with Gasteiger partial charge in [0, 0.05) is 24.1 Å². The van der Waals surface area contributed by atoms with Gasteiger partial charge in [0.05, 0.1) is 17.9 Å². The highest BCUT2D eigenvalue weighted by Gasteiger charge is 2.08. The van der Waals surface area contributed by atoms with Crippen molar-refractivity contribution in [3.05, 3.63) is 48.4 Å². The van der Waals surface area contributed by atoms with Gasteiger partial charge in [0.25, 0.3) is 0 Å². The van der Waals surface area contributed by atoms with E-state index in [0.29, 0.717) is 12.4 Å². The fourth-order valence-corrected chi connectivity index (χ4v) is 2.17. The van der Waals surface area contributed by atoms with Crippen LogP contribution >= 0.6 is 0 Å². The second kappa shape index (κ2) is 4.23. The minimum atomic E-state index is 0.359. The number of hydrogen-bond donors (Lipinski definition) is 1. The van der Waals surface area contributed by atoms with Crippen LogP contribution in [0.1, 0.15) is 5.82 Å². The van der Waals surface area contributed by atoms with E-state index in [2.05, 4.69) is 32.7 Å². The number of aromatic nitrogens is 3. The fraction of sp³-hybridized carbons (Fsp3) is 0.143. The lowest BCUT2D eigenvalue weighted by Crippen LogP contribution is -2.04. The third-order valence-electron chi connectivity index (χ3n) is 3.10. The largest absolute Gasteiger partial charge is 0.342 e. The van der Waals surface area contributed by atoms with E-state index >= 15 is 0 Å². The molecule has 2 N–H and O–H groups in total. The Morgan fingerprint density at radius 3 is 2.83 bits per heavy atom. The number of hydrogen-bond acceptors (Lipinski definition) is 3. The number of benzene rings is 1. The Hall–Kier alpha value is -2.20. The van der Waals surface area contributed by atoms with Crippen LogP contribution in [0, 0.1) is 0 Å². The zero-order chi connectivity index (χ0) is 12.5. The van der Waals surface area contributed by atoms with Crippen molar-refractivity contribution < 1.29 is 0 Å². The van der Waals surface area contributed by atoms with Gasteiger partial charge in [-0.2, -0.15) is 0 Å². The molecule has 90 valence electrons. The molecule has 0 saturated heterocycles. The molecule has 4 nitrogen and oxygen atoms in total. The van der Waals surface area contributed by atoms with Crippen LogP contribution in [-0.4, -0.2) is 14.5 Å². The van der Waals surface area contributed by atoms with Crippen LogP contribution in [0.25, 0.3) is 22.3 Å². The van der Waals surface area contributed by atoms with Crippen LogP contribution in [0.15, 0.2) is 42.6 Å². The van der Waals surface area contributed by atoms with Crippen LogP contribution in [0.5, 0.6) is 0 Å². The summed E-state index contributed by atoms with van der Waals surface area (Å²) in [5.41, 5.74) is 8.76. The third-order valence-corrected chi connectivity index (χ3v) is 3.10. The van der Waals surface area contributed by atoms with Gasteiger partial charge in [-0.1, -0.05) is 18.2 Å². The molecule has 0 bridgehead atoms. The van der Waals surface area contributed by atoms with Crippen molar-refractivity contribution in [3.8, 4) is 11.4 Å². The highest BCUT2D eigenvalue weighted by atomic mass is 15.0. The van der Waals surface area contributed by atoms with Gasteiger partial charge in [-0.3, -0.25) is 0 Å². The Bertz CT molecular complexity index is 700. The quantitative estimate of drug-likeness (QED) is 0.743. The van der Waals surface area contributed by atoms with Crippen LogP contribution in [0.2, 0.25) is 0 Å². The molecule has 0 amide bonds.